The Morgan fingerprint density at radius 1 is 1.04 bits per heavy atom. The van der Waals surface area contributed by atoms with Gasteiger partial charge in [0, 0.05) is 12.6 Å². The Hall–Kier alpha value is -2.47. The fourth-order valence-electron chi connectivity index (χ4n) is 2.09. The van der Waals surface area contributed by atoms with Gasteiger partial charge in [-0.05, 0) is 29.7 Å². The number of rotatable bonds is 7. The molecule has 0 aromatic heterocycles. The van der Waals surface area contributed by atoms with Crippen LogP contribution in [0.25, 0.3) is 0 Å². The lowest BCUT2D eigenvalue weighted by atomic mass is 9.98. The number of hydrogen-bond donors (Lipinski definition) is 2. The second-order valence-corrected chi connectivity index (χ2v) is 5.22. The van der Waals surface area contributed by atoms with E-state index < -0.39 is 17.5 Å². The van der Waals surface area contributed by atoms with Gasteiger partial charge in [0.15, 0.2) is 11.6 Å². The van der Waals surface area contributed by atoms with Crippen LogP contribution in [0.2, 0.25) is 0 Å². The molecule has 6 heteroatoms. The fraction of sp³-hybridized carbons (Fsp3) is 0.235. The summed E-state index contributed by atoms with van der Waals surface area (Å²) in [6.45, 7) is 0.428. The Morgan fingerprint density at radius 2 is 1.70 bits per heavy atom. The molecule has 0 heterocycles. The number of hydrogen-bond acceptors (Lipinski definition) is 3. The zero-order valence-corrected chi connectivity index (χ0v) is 12.5. The van der Waals surface area contributed by atoms with Gasteiger partial charge in [-0.2, -0.15) is 0 Å². The van der Waals surface area contributed by atoms with Gasteiger partial charge in [0.25, 0.3) is 0 Å². The van der Waals surface area contributed by atoms with Gasteiger partial charge in [-0.3, -0.25) is 4.79 Å². The maximum Gasteiger partial charge on any atom is 0.222 e. The van der Waals surface area contributed by atoms with Gasteiger partial charge in [-0.15, -0.1) is 0 Å². The van der Waals surface area contributed by atoms with Crippen molar-refractivity contribution < 1.29 is 18.3 Å². The lowest BCUT2D eigenvalue weighted by Gasteiger charge is -2.11. The van der Waals surface area contributed by atoms with Crippen LogP contribution in [0.1, 0.15) is 11.1 Å². The van der Waals surface area contributed by atoms with Crippen molar-refractivity contribution in [1.29, 1.82) is 0 Å². The summed E-state index contributed by atoms with van der Waals surface area (Å²) in [6.07, 6.45) is 0.482. The maximum absolute atomic E-state index is 13.1. The first-order valence-electron chi connectivity index (χ1n) is 7.14. The van der Waals surface area contributed by atoms with Crippen molar-refractivity contribution in [2.45, 2.75) is 13.0 Å². The molecular formula is C17H18F2N2O2. The molecule has 4 nitrogen and oxygen atoms in total. The molecular weight excluding hydrogens is 302 g/mol. The average Bonchev–Trinajstić information content (AvgIpc) is 2.54. The van der Waals surface area contributed by atoms with Crippen LogP contribution in [-0.2, 0) is 17.8 Å². The number of benzene rings is 2. The quantitative estimate of drug-likeness (QED) is 0.820. The highest BCUT2D eigenvalue weighted by atomic mass is 19.2. The molecule has 1 amide bonds. The highest BCUT2D eigenvalue weighted by Crippen LogP contribution is 2.17. The number of amides is 1. The number of carbonyl (C=O) groups is 1. The monoisotopic (exact) mass is 320 g/mol. The van der Waals surface area contributed by atoms with Crippen LogP contribution >= 0.6 is 0 Å². The molecule has 4 N–H and O–H groups in total. The van der Waals surface area contributed by atoms with Crippen molar-refractivity contribution in [2.24, 2.45) is 17.4 Å². The summed E-state index contributed by atoms with van der Waals surface area (Å²) in [5, 5.41) is 0. The van der Waals surface area contributed by atoms with E-state index in [0.717, 1.165) is 23.3 Å². The summed E-state index contributed by atoms with van der Waals surface area (Å²) in [4.78, 5) is 11.2. The van der Waals surface area contributed by atoms with Gasteiger partial charge in [-0.1, -0.05) is 24.3 Å². The normalized spacial score (nSPS) is 12.0. The molecule has 0 fully saturated rings. The molecule has 2 aromatic carbocycles. The third kappa shape index (κ3) is 4.75. The van der Waals surface area contributed by atoms with E-state index in [4.69, 9.17) is 16.2 Å². The average molecular weight is 320 g/mol. The first-order valence-corrected chi connectivity index (χ1v) is 7.14. The minimum atomic E-state index is -0.947. The molecule has 122 valence electrons. The third-order valence-electron chi connectivity index (χ3n) is 3.49. The second-order valence-electron chi connectivity index (χ2n) is 5.22. The number of carbonyl (C=O) groups excluding carboxylic acids is 1. The SMILES string of the molecule is NC[C@H](Cc1ccc(COc2ccc(F)c(F)c2)cc1)C(N)=O. The van der Waals surface area contributed by atoms with Crippen LogP contribution in [0, 0.1) is 17.6 Å². The van der Waals surface area contributed by atoms with Gasteiger partial charge >= 0.3 is 0 Å². The zero-order valence-electron chi connectivity index (χ0n) is 12.5. The number of primary amides is 1. The van der Waals surface area contributed by atoms with Crippen molar-refractivity contribution >= 4 is 5.91 Å². The van der Waals surface area contributed by atoms with E-state index in [1.54, 1.807) is 0 Å². The summed E-state index contributed by atoms with van der Waals surface area (Å²) in [5.74, 6) is -2.41. The number of ether oxygens (including phenoxy) is 1. The lowest BCUT2D eigenvalue weighted by molar-refractivity contribution is -0.121. The first-order chi connectivity index (χ1) is 11.0. The van der Waals surface area contributed by atoms with Gasteiger partial charge in [0.1, 0.15) is 12.4 Å². The van der Waals surface area contributed by atoms with Gasteiger partial charge < -0.3 is 16.2 Å². The number of halogens is 2. The van der Waals surface area contributed by atoms with Gasteiger partial charge in [0.05, 0.1) is 5.92 Å². The Morgan fingerprint density at radius 3 is 2.26 bits per heavy atom. The molecule has 23 heavy (non-hydrogen) atoms. The molecule has 2 rings (SSSR count). The number of nitrogens with two attached hydrogens (primary N) is 2. The first kappa shape index (κ1) is 16.9. The van der Waals surface area contributed by atoms with Crippen LogP contribution < -0.4 is 16.2 Å². The smallest absolute Gasteiger partial charge is 0.222 e. The third-order valence-corrected chi connectivity index (χ3v) is 3.49. The predicted molar refractivity (Wildman–Crippen MR) is 82.6 cm³/mol. The molecule has 0 unspecified atom stereocenters. The topological polar surface area (TPSA) is 78.3 Å². The predicted octanol–water partition coefficient (Wildman–Crippen LogP) is 2.15. The molecule has 0 aliphatic carbocycles. The molecule has 0 saturated carbocycles. The second kappa shape index (κ2) is 7.69. The van der Waals surface area contributed by atoms with E-state index >= 15 is 0 Å². The van der Waals surface area contributed by atoms with E-state index in [1.807, 2.05) is 24.3 Å². The Bertz CT molecular complexity index is 675. The zero-order chi connectivity index (χ0) is 16.8. The van der Waals surface area contributed by atoms with Crippen LogP contribution in [-0.4, -0.2) is 12.5 Å². The van der Waals surface area contributed by atoms with Crippen LogP contribution in [0.15, 0.2) is 42.5 Å². The van der Waals surface area contributed by atoms with Gasteiger partial charge in [0.2, 0.25) is 5.91 Å². The van der Waals surface area contributed by atoms with Crippen LogP contribution in [0.3, 0.4) is 0 Å². The summed E-state index contributed by atoms with van der Waals surface area (Å²) >= 11 is 0. The van der Waals surface area contributed by atoms with Crippen LogP contribution in [0.5, 0.6) is 5.75 Å². The fourth-order valence-corrected chi connectivity index (χ4v) is 2.09. The van der Waals surface area contributed by atoms with Crippen molar-refractivity contribution in [3.63, 3.8) is 0 Å². The minimum Gasteiger partial charge on any atom is -0.489 e. The highest BCUT2D eigenvalue weighted by Gasteiger charge is 2.13. The molecule has 2 aromatic rings. The van der Waals surface area contributed by atoms with Crippen LogP contribution in [0.4, 0.5) is 8.78 Å². The summed E-state index contributed by atoms with van der Waals surface area (Å²) in [7, 11) is 0. The Labute approximate surface area is 133 Å². The van der Waals surface area contributed by atoms with Crippen molar-refractivity contribution in [1.82, 2.24) is 0 Å². The molecule has 0 aliphatic rings. The van der Waals surface area contributed by atoms with Crippen molar-refractivity contribution in [2.75, 3.05) is 6.54 Å². The molecule has 0 spiro atoms. The molecule has 0 aliphatic heterocycles. The maximum atomic E-state index is 13.1. The molecule has 1 atom stereocenters. The Kier molecular flexibility index (Phi) is 5.65. The minimum absolute atomic E-state index is 0.205. The highest BCUT2D eigenvalue weighted by molar-refractivity contribution is 5.77. The van der Waals surface area contributed by atoms with E-state index in [1.165, 1.54) is 6.07 Å². The van der Waals surface area contributed by atoms with E-state index in [9.17, 15) is 13.6 Å². The van der Waals surface area contributed by atoms with Crippen molar-refractivity contribution in [3.05, 3.63) is 65.2 Å². The molecule has 0 radical (unpaired) electrons. The summed E-state index contributed by atoms with van der Waals surface area (Å²) in [6, 6.07) is 10.8. The standard InChI is InChI=1S/C17H18F2N2O2/c18-15-6-5-14(8-16(15)19)23-10-12-3-1-11(2-4-12)7-13(9-20)17(21)22/h1-6,8,13H,7,9-10,20H2,(H2,21,22)/t13-/m0/s1. The van der Waals surface area contributed by atoms with Crippen molar-refractivity contribution in [3.8, 4) is 5.75 Å². The molecule has 0 saturated heterocycles. The Balaban J connectivity index is 1.94. The summed E-state index contributed by atoms with van der Waals surface area (Å²) in [5.41, 5.74) is 12.6. The molecule has 0 bridgehead atoms. The van der Waals surface area contributed by atoms with E-state index in [2.05, 4.69) is 0 Å². The lowest BCUT2D eigenvalue weighted by Crippen LogP contribution is -2.31. The largest absolute Gasteiger partial charge is 0.489 e. The summed E-state index contributed by atoms with van der Waals surface area (Å²) < 4.78 is 31.3. The van der Waals surface area contributed by atoms with Gasteiger partial charge in [-0.25, -0.2) is 8.78 Å². The van der Waals surface area contributed by atoms with E-state index in [0.29, 0.717) is 6.42 Å². The van der Waals surface area contributed by atoms with E-state index in [-0.39, 0.29) is 24.8 Å².